The maximum atomic E-state index is 12.1. The van der Waals surface area contributed by atoms with Crippen LogP contribution in [0.5, 0.6) is 0 Å². The Labute approximate surface area is 154 Å². The Morgan fingerprint density at radius 1 is 1.15 bits per heavy atom. The molecule has 0 radical (unpaired) electrons. The van der Waals surface area contributed by atoms with Crippen LogP contribution in [-0.2, 0) is 22.6 Å². The van der Waals surface area contributed by atoms with Crippen molar-refractivity contribution in [2.75, 3.05) is 0 Å². The average Bonchev–Trinajstić information content (AvgIpc) is 3.10. The maximum Gasteiger partial charge on any atom is 0.408 e. The fourth-order valence-electron chi connectivity index (χ4n) is 2.74. The first-order chi connectivity index (χ1) is 13.2. The molecule has 3 rings (SSSR count). The van der Waals surface area contributed by atoms with Gasteiger partial charge in [-0.2, -0.15) is 0 Å². The SMILES string of the molecule is [N-]=[N+]=NC(=O)[C@H](Cc1c[nH]c2ccccc12)NC(=O)OCc1ccccc1. The molecule has 1 heterocycles. The summed E-state index contributed by atoms with van der Waals surface area (Å²) >= 11 is 0. The standard InChI is InChI=1S/C19H17N5O3/c20-24-23-18(25)17(10-14-11-21-16-9-5-4-8-15(14)16)22-19(26)27-12-13-6-2-1-3-7-13/h1-9,11,17,21H,10,12H2,(H,22,26)/t17-/m0/s1. The van der Waals surface area contributed by atoms with Crippen LogP contribution in [0.25, 0.3) is 21.3 Å². The second-order valence-corrected chi connectivity index (χ2v) is 5.85. The lowest BCUT2D eigenvalue weighted by Crippen LogP contribution is -2.41. The number of carbonyl (C=O) groups excluding carboxylic acids is 2. The molecular weight excluding hydrogens is 346 g/mol. The molecular formula is C19H17N5O3. The van der Waals surface area contributed by atoms with E-state index in [0.717, 1.165) is 22.0 Å². The largest absolute Gasteiger partial charge is 0.445 e. The van der Waals surface area contributed by atoms with Crippen LogP contribution < -0.4 is 5.32 Å². The predicted octanol–water partition coefficient (Wildman–Crippen LogP) is 3.84. The zero-order valence-electron chi connectivity index (χ0n) is 14.3. The summed E-state index contributed by atoms with van der Waals surface area (Å²) in [6.45, 7) is 0.0716. The highest BCUT2D eigenvalue weighted by molar-refractivity contribution is 5.88. The first-order valence-corrected chi connectivity index (χ1v) is 8.28. The van der Waals surface area contributed by atoms with Crippen molar-refractivity contribution in [1.82, 2.24) is 10.3 Å². The van der Waals surface area contributed by atoms with E-state index in [-0.39, 0.29) is 13.0 Å². The number of nitrogens with zero attached hydrogens (tertiary/aromatic N) is 3. The number of benzene rings is 2. The summed E-state index contributed by atoms with van der Waals surface area (Å²) < 4.78 is 5.15. The van der Waals surface area contributed by atoms with Crippen LogP contribution in [-0.4, -0.2) is 23.0 Å². The number of amides is 2. The number of ether oxygens (including phenoxy) is 1. The van der Waals surface area contributed by atoms with E-state index in [4.69, 9.17) is 10.3 Å². The summed E-state index contributed by atoms with van der Waals surface area (Å²) in [6, 6.07) is 15.7. The zero-order chi connectivity index (χ0) is 19.1. The van der Waals surface area contributed by atoms with Gasteiger partial charge < -0.3 is 15.0 Å². The molecule has 0 aliphatic carbocycles. The minimum atomic E-state index is -1.02. The van der Waals surface area contributed by atoms with Crippen LogP contribution in [0.3, 0.4) is 0 Å². The van der Waals surface area contributed by atoms with E-state index in [1.165, 1.54) is 0 Å². The summed E-state index contributed by atoms with van der Waals surface area (Å²) in [5.74, 6) is -0.778. The van der Waals surface area contributed by atoms with Gasteiger partial charge in [0.25, 0.3) is 0 Å². The van der Waals surface area contributed by atoms with Crippen molar-refractivity contribution < 1.29 is 14.3 Å². The third-order valence-electron chi connectivity index (χ3n) is 4.05. The number of rotatable bonds is 6. The van der Waals surface area contributed by atoms with Crippen molar-refractivity contribution in [3.8, 4) is 0 Å². The number of carbonyl (C=O) groups is 2. The van der Waals surface area contributed by atoms with Gasteiger partial charge in [-0.1, -0.05) is 48.5 Å². The second kappa shape index (κ2) is 8.55. The smallest absolute Gasteiger partial charge is 0.408 e. The van der Waals surface area contributed by atoms with E-state index in [1.807, 2.05) is 54.6 Å². The number of alkyl carbamates (subject to hydrolysis) is 1. The molecule has 27 heavy (non-hydrogen) atoms. The molecule has 8 heteroatoms. The highest BCUT2D eigenvalue weighted by Gasteiger charge is 2.22. The first-order valence-electron chi connectivity index (χ1n) is 8.28. The molecule has 0 saturated carbocycles. The maximum absolute atomic E-state index is 12.1. The quantitative estimate of drug-likeness (QED) is 0.393. The number of aromatic nitrogens is 1. The van der Waals surface area contributed by atoms with E-state index in [9.17, 15) is 9.59 Å². The third-order valence-corrected chi connectivity index (χ3v) is 4.05. The van der Waals surface area contributed by atoms with Crippen LogP contribution in [0.1, 0.15) is 11.1 Å². The van der Waals surface area contributed by atoms with Gasteiger partial charge in [0.15, 0.2) is 0 Å². The Balaban J connectivity index is 1.70. The number of hydrogen-bond donors (Lipinski definition) is 2. The van der Waals surface area contributed by atoms with Crippen LogP contribution >= 0.6 is 0 Å². The lowest BCUT2D eigenvalue weighted by molar-refractivity contribution is -0.119. The summed E-state index contributed by atoms with van der Waals surface area (Å²) in [5.41, 5.74) is 11.1. The molecule has 2 amide bonds. The molecule has 0 saturated heterocycles. The van der Waals surface area contributed by atoms with Crippen LogP contribution in [0.15, 0.2) is 65.9 Å². The first kappa shape index (κ1) is 18.0. The van der Waals surface area contributed by atoms with Gasteiger partial charge in [-0.15, -0.1) is 0 Å². The lowest BCUT2D eigenvalue weighted by Gasteiger charge is -2.15. The van der Waals surface area contributed by atoms with E-state index in [0.29, 0.717) is 0 Å². The van der Waals surface area contributed by atoms with Crippen molar-refractivity contribution in [1.29, 1.82) is 0 Å². The molecule has 8 nitrogen and oxygen atoms in total. The minimum absolute atomic E-state index is 0.0716. The highest BCUT2D eigenvalue weighted by atomic mass is 16.5. The topological polar surface area (TPSA) is 120 Å². The van der Waals surface area contributed by atoms with Crippen molar-refractivity contribution in [2.45, 2.75) is 19.1 Å². The Kier molecular flexibility index (Phi) is 5.71. The third kappa shape index (κ3) is 4.65. The second-order valence-electron chi connectivity index (χ2n) is 5.85. The van der Waals surface area contributed by atoms with Gasteiger partial charge in [0.2, 0.25) is 5.91 Å². The molecule has 0 aliphatic heterocycles. The van der Waals surface area contributed by atoms with E-state index < -0.39 is 18.0 Å². The van der Waals surface area contributed by atoms with Gasteiger partial charge in [-0.05, 0) is 27.8 Å². The van der Waals surface area contributed by atoms with Crippen LogP contribution in [0.4, 0.5) is 4.79 Å². The number of hydrogen-bond acceptors (Lipinski definition) is 3. The molecule has 1 atom stereocenters. The summed E-state index contributed by atoms with van der Waals surface area (Å²) in [4.78, 5) is 29.8. The molecule has 3 aromatic rings. The minimum Gasteiger partial charge on any atom is -0.445 e. The van der Waals surface area contributed by atoms with Gasteiger partial charge in [0, 0.05) is 28.4 Å². The highest BCUT2D eigenvalue weighted by Crippen LogP contribution is 2.19. The van der Waals surface area contributed by atoms with E-state index in [1.54, 1.807) is 6.20 Å². The van der Waals surface area contributed by atoms with Gasteiger partial charge in [-0.25, -0.2) is 4.79 Å². The molecule has 0 bridgehead atoms. The Bertz CT molecular complexity index is 993. The Morgan fingerprint density at radius 2 is 1.89 bits per heavy atom. The molecule has 136 valence electrons. The summed E-state index contributed by atoms with van der Waals surface area (Å²) in [6.07, 6.45) is 1.17. The number of azide groups is 1. The van der Waals surface area contributed by atoms with E-state index in [2.05, 4.69) is 20.3 Å². The predicted molar refractivity (Wildman–Crippen MR) is 99.7 cm³/mol. The summed E-state index contributed by atoms with van der Waals surface area (Å²) in [5, 5.41) is 6.53. The summed E-state index contributed by atoms with van der Waals surface area (Å²) in [7, 11) is 0. The molecule has 0 unspecified atom stereocenters. The van der Waals surface area contributed by atoms with Gasteiger partial charge in [0.1, 0.15) is 12.6 Å². The fourth-order valence-corrected chi connectivity index (χ4v) is 2.74. The molecule has 2 aromatic carbocycles. The number of H-pyrrole nitrogens is 1. The fraction of sp³-hybridized carbons (Fsp3) is 0.158. The number of aromatic amines is 1. The van der Waals surface area contributed by atoms with Gasteiger partial charge >= 0.3 is 6.09 Å². The van der Waals surface area contributed by atoms with Crippen LogP contribution in [0, 0.1) is 0 Å². The monoisotopic (exact) mass is 363 g/mol. The molecule has 0 spiro atoms. The molecule has 1 aromatic heterocycles. The van der Waals surface area contributed by atoms with Gasteiger partial charge in [0.05, 0.1) is 0 Å². The Hall–Kier alpha value is -3.77. The number of nitrogens with one attached hydrogen (secondary N) is 2. The molecule has 2 N–H and O–H groups in total. The van der Waals surface area contributed by atoms with Gasteiger partial charge in [-0.3, -0.25) is 4.79 Å². The number of para-hydroxylation sites is 1. The van der Waals surface area contributed by atoms with Crippen molar-refractivity contribution in [3.63, 3.8) is 0 Å². The normalized spacial score (nSPS) is 11.4. The lowest BCUT2D eigenvalue weighted by atomic mass is 10.0. The Morgan fingerprint density at radius 3 is 2.67 bits per heavy atom. The molecule has 0 aliphatic rings. The average molecular weight is 363 g/mol. The van der Waals surface area contributed by atoms with E-state index >= 15 is 0 Å². The van der Waals surface area contributed by atoms with Crippen molar-refractivity contribution in [3.05, 3.63) is 82.4 Å². The van der Waals surface area contributed by atoms with Crippen LogP contribution in [0.2, 0.25) is 0 Å². The van der Waals surface area contributed by atoms with Crippen molar-refractivity contribution >= 4 is 22.9 Å². The number of fused-ring (bicyclic) bond motifs is 1. The zero-order valence-corrected chi connectivity index (χ0v) is 14.3. The molecule has 0 fully saturated rings. The van der Waals surface area contributed by atoms with Crippen molar-refractivity contribution in [2.24, 2.45) is 5.11 Å².